The summed E-state index contributed by atoms with van der Waals surface area (Å²) in [6.45, 7) is 4.13. The fourth-order valence-corrected chi connectivity index (χ4v) is 4.66. The lowest BCUT2D eigenvalue weighted by Gasteiger charge is -2.26. The molecule has 0 saturated carbocycles. The molecule has 1 aliphatic rings. The zero-order valence-corrected chi connectivity index (χ0v) is 16.1. The molecule has 2 aromatic heterocycles. The summed E-state index contributed by atoms with van der Waals surface area (Å²) in [5, 5.41) is 17.6. The Kier molecular flexibility index (Phi) is 4.41. The lowest BCUT2D eigenvalue weighted by Crippen LogP contribution is -2.34. The molecule has 0 radical (unpaired) electrons. The molecule has 5 rings (SSSR count). The molecule has 0 bridgehead atoms. The first-order chi connectivity index (χ1) is 13.7. The normalized spacial score (nSPS) is 19.0. The first-order valence-electron chi connectivity index (χ1n) is 10.0. The molecule has 3 heterocycles. The Balaban J connectivity index is 1.40. The van der Waals surface area contributed by atoms with Crippen LogP contribution >= 0.6 is 0 Å². The minimum atomic E-state index is -0.451. The molecule has 5 heteroatoms. The second-order valence-electron chi connectivity index (χ2n) is 7.81. The number of aromatic nitrogens is 2. The molecule has 1 saturated heterocycles. The molecule has 0 amide bonds. The number of aliphatic hydroxyl groups is 1. The predicted octanol–water partition coefficient (Wildman–Crippen LogP) is 4.29. The van der Waals surface area contributed by atoms with Crippen LogP contribution in [0.1, 0.15) is 30.3 Å². The third-order valence-electron chi connectivity index (χ3n) is 5.87. The molecule has 4 aromatic rings. The van der Waals surface area contributed by atoms with E-state index in [0.29, 0.717) is 13.1 Å². The topological polar surface area (TPSA) is 54.4 Å². The Hall–Kier alpha value is -2.63. The van der Waals surface area contributed by atoms with Gasteiger partial charge in [0.1, 0.15) is 11.5 Å². The summed E-state index contributed by atoms with van der Waals surface area (Å²) in [5.41, 5.74) is 3.33. The van der Waals surface area contributed by atoms with Crippen LogP contribution in [0.4, 0.5) is 0 Å². The van der Waals surface area contributed by atoms with Gasteiger partial charge in [-0.15, -0.1) is 0 Å². The summed E-state index contributed by atoms with van der Waals surface area (Å²) in [6, 6.07) is 19.1. The van der Waals surface area contributed by atoms with Gasteiger partial charge in [-0.05, 0) is 38.4 Å². The fourth-order valence-electron chi connectivity index (χ4n) is 4.66. The molecule has 2 atom stereocenters. The van der Waals surface area contributed by atoms with Crippen molar-refractivity contribution in [2.24, 2.45) is 0 Å². The molecule has 2 unspecified atom stereocenters. The summed E-state index contributed by atoms with van der Waals surface area (Å²) < 4.78 is 7.52. The quantitative estimate of drug-likeness (QED) is 0.565. The van der Waals surface area contributed by atoms with Gasteiger partial charge < -0.3 is 14.2 Å². The average molecular weight is 375 g/mol. The molecule has 1 aliphatic heterocycles. The van der Waals surface area contributed by atoms with Crippen molar-refractivity contribution in [2.45, 2.75) is 38.5 Å². The maximum Gasteiger partial charge on any atom is 0.133 e. The minimum absolute atomic E-state index is 0.241. The number of hydrogen-bond acceptors (Lipinski definition) is 4. The van der Waals surface area contributed by atoms with Crippen LogP contribution in [0.3, 0.4) is 0 Å². The zero-order valence-electron chi connectivity index (χ0n) is 16.1. The summed E-state index contributed by atoms with van der Waals surface area (Å²) in [5.74, 6) is 0.840. The van der Waals surface area contributed by atoms with Gasteiger partial charge in [-0.1, -0.05) is 41.6 Å². The lowest BCUT2D eigenvalue weighted by molar-refractivity contribution is 0.0922. The average Bonchev–Trinajstić information content (AvgIpc) is 3.41. The number of rotatable bonds is 5. The predicted molar refractivity (Wildman–Crippen MR) is 110 cm³/mol. The standard InChI is InChI=1S/C23H25N3O2/c1-16-13-20(24-28-16)23-11-6-12-25(23)14-17(27)15-26-21-9-4-2-7-18(21)19-8-3-5-10-22(19)26/h2-5,7-10,13,17,23,27H,6,11-12,14-15H2,1H3. The number of para-hydroxylation sites is 2. The van der Waals surface area contributed by atoms with Crippen LogP contribution in [-0.4, -0.2) is 38.9 Å². The second-order valence-corrected chi connectivity index (χ2v) is 7.81. The number of hydrogen-bond donors (Lipinski definition) is 1. The van der Waals surface area contributed by atoms with E-state index in [9.17, 15) is 5.11 Å². The number of fused-ring (bicyclic) bond motifs is 3. The maximum absolute atomic E-state index is 11.0. The number of nitrogens with zero attached hydrogens (tertiary/aromatic N) is 3. The van der Waals surface area contributed by atoms with Crippen LogP contribution in [0.25, 0.3) is 21.8 Å². The third-order valence-corrected chi connectivity index (χ3v) is 5.87. The summed E-state index contributed by atoms with van der Waals surface area (Å²) in [7, 11) is 0. The molecule has 2 aromatic carbocycles. The van der Waals surface area contributed by atoms with Crippen LogP contribution in [0.2, 0.25) is 0 Å². The van der Waals surface area contributed by atoms with E-state index >= 15 is 0 Å². The van der Waals surface area contributed by atoms with Gasteiger partial charge in [0.2, 0.25) is 0 Å². The van der Waals surface area contributed by atoms with Crippen LogP contribution < -0.4 is 0 Å². The Morgan fingerprint density at radius 3 is 2.39 bits per heavy atom. The van der Waals surface area contributed by atoms with E-state index in [0.717, 1.165) is 30.8 Å². The van der Waals surface area contributed by atoms with Crippen molar-refractivity contribution in [1.29, 1.82) is 0 Å². The summed E-state index contributed by atoms with van der Waals surface area (Å²) in [6.07, 6.45) is 1.74. The van der Waals surface area contributed by atoms with Gasteiger partial charge in [-0.2, -0.15) is 0 Å². The van der Waals surface area contributed by atoms with Crippen molar-refractivity contribution in [3.05, 3.63) is 66.1 Å². The van der Waals surface area contributed by atoms with Crippen molar-refractivity contribution >= 4 is 21.8 Å². The van der Waals surface area contributed by atoms with Gasteiger partial charge in [0.05, 0.1) is 18.7 Å². The van der Waals surface area contributed by atoms with Gasteiger partial charge in [-0.25, -0.2) is 0 Å². The molecule has 1 N–H and O–H groups in total. The molecule has 144 valence electrons. The van der Waals surface area contributed by atoms with E-state index < -0.39 is 6.10 Å². The first-order valence-corrected chi connectivity index (χ1v) is 10.0. The second kappa shape index (κ2) is 7.08. The van der Waals surface area contributed by atoms with Gasteiger partial charge in [0, 0.05) is 34.4 Å². The molecule has 1 fully saturated rings. The molecule has 5 nitrogen and oxygen atoms in total. The fraction of sp³-hybridized carbons (Fsp3) is 0.348. The van der Waals surface area contributed by atoms with Crippen LogP contribution in [0, 0.1) is 6.92 Å². The highest BCUT2D eigenvalue weighted by Gasteiger charge is 2.30. The third kappa shape index (κ3) is 3.01. The van der Waals surface area contributed by atoms with Crippen molar-refractivity contribution in [2.75, 3.05) is 13.1 Å². The molecular formula is C23H25N3O2. The van der Waals surface area contributed by atoms with Crippen LogP contribution in [0.15, 0.2) is 59.1 Å². The Bertz CT molecular complexity index is 1060. The first kappa shape index (κ1) is 17.5. The minimum Gasteiger partial charge on any atom is -0.390 e. The molecular weight excluding hydrogens is 350 g/mol. The van der Waals surface area contributed by atoms with Gasteiger partial charge >= 0.3 is 0 Å². The highest BCUT2D eigenvalue weighted by Crippen LogP contribution is 2.32. The van der Waals surface area contributed by atoms with E-state index in [1.807, 2.05) is 13.0 Å². The zero-order chi connectivity index (χ0) is 19.1. The number of β-amino-alcohol motifs (C(OH)–C–C–N with tert-alkyl or cyclic N) is 1. The summed E-state index contributed by atoms with van der Waals surface area (Å²) >= 11 is 0. The van der Waals surface area contributed by atoms with Gasteiger partial charge in [-0.3, -0.25) is 4.90 Å². The highest BCUT2D eigenvalue weighted by atomic mass is 16.5. The van der Waals surface area contributed by atoms with E-state index in [-0.39, 0.29) is 6.04 Å². The summed E-state index contributed by atoms with van der Waals surface area (Å²) in [4.78, 5) is 2.34. The number of likely N-dealkylation sites (tertiary alicyclic amines) is 1. The Labute approximate surface area is 164 Å². The smallest absolute Gasteiger partial charge is 0.133 e. The Morgan fingerprint density at radius 1 is 1.07 bits per heavy atom. The van der Waals surface area contributed by atoms with Crippen molar-refractivity contribution < 1.29 is 9.63 Å². The monoisotopic (exact) mass is 375 g/mol. The highest BCUT2D eigenvalue weighted by molar-refractivity contribution is 6.07. The number of aryl methyl sites for hydroxylation is 1. The van der Waals surface area contributed by atoms with Crippen LogP contribution in [-0.2, 0) is 6.54 Å². The van der Waals surface area contributed by atoms with Crippen molar-refractivity contribution in [3.63, 3.8) is 0 Å². The molecule has 0 aliphatic carbocycles. The molecule has 28 heavy (non-hydrogen) atoms. The Morgan fingerprint density at radius 2 is 1.75 bits per heavy atom. The molecule has 0 spiro atoms. The lowest BCUT2D eigenvalue weighted by atomic mass is 10.1. The number of aliphatic hydroxyl groups excluding tert-OH is 1. The van der Waals surface area contributed by atoms with Crippen molar-refractivity contribution in [1.82, 2.24) is 14.6 Å². The maximum atomic E-state index is 11.0. The van der Waals surface area contributed by atoms with E-state index in [4.69, 9.17) is 4.52 Å². The van der Waals surface area contributed by atoms with E-state index in [1.54, 1.807) is 0 Å². The number of benzene rings is 2. The van der Waals surface area contributed by atoms with Crippen molar-refractivity contribution in [3.8, 4) is 0 Å². The van der Waals surface area contributed by atoms with Crippen LogP contribution in [0.5, 0.6) is 0 Å². The van der Waals surface area contributed by atoms with Gasteiger partial charge in [0.15, 0.2) is 0 Å². The van der Waals surface area contributed by atoms with Gasteiger partial charge in [0.25, 0.3) is 0 Å². The largest absolute Gasteiger partial charge is 0.390 e. The SMILES string of the molecule is Cc1cc(C2CCCN2CC(O)Cn2c3ccccc3c3ccccc32)no1. The van der Waals surface area contributed by atoms with E-state index in [2.05, 4.69) is 63.2 Å². The van der Waals surface area contributed by atoms with E-state index in [1.165, 1.54) is 21.8 Å².